The monoisotopic (exact) mass is 353 g/mol. The number of hydrogen-bond acceptors (Lipinski definition) is 5. The highest BCUT2D eigenvalue weighted by Crippen LogP contribution is 2.37. The molecule has 1 unspecified atom stereocenters. The Labute approximate surface area is 154 Å². The van der Waals surface area contributed by atoms with Gasteiger partial charge in [-0.05, 0) is 60.3 Å². The number of hydrogen-bond donors (Lipinski definition) is 1. The van der Waals surface area contributed by atoms with Gasteiger partial charge in [0.2, 0.25) is 0 Å². The number of likely N-dealkylation sites (tertiary alicyclic amines) is 3. The van der Waals surface area contributed by atoms with Crippen LogP contribution in [-0.2, 0) is 4.74 Å². The molecule has 3 aliphatic rings. The molecular formula is C20H39N3O2. The van der Waals surface area contributed by atoms with E-state index in [1.54, 1.807) is 0 Å². The van der Waals surface area contributed by atoms with E-state index >= 15 is 0 Å². The number of nitrogens with zero attached hydrogens (tertiary/aromatic N) is 3. The molecule has 3 rings (SSSR count). The maximum atomic E-state index is 9.90. The highest BCUT2D eigenvalue weighted by molar-refractivity contribution is 4.98. The van der Waals surface area contributed by atoms with Gasteiger partial charge in [-0.15, -0.1) is 0 Å². The summed E-state index contributed by atoms with van der Waals surface area (Å²) in [5, 5.41) is 9.90. The quantitative estimate of drug-likeness (QED) is 0.791. The van der Waals surface area contributed by atoms with Crippen molar-refractivity contribution >= 4 is 0 Å². The lowest BCUT2D eigenvalue weighted by molar-refractivity contribution is -0.197. The van der Waals surface area contributed by atoms with Gasteiger partial charge in [-0.2, -0.15) is 0 Å². The van der Waals surface area contributed by atoms with Crippen LogP contribution < -0.4 is 0 Å². The SMILES string of the molecule is CC(C)N1CC(OC(C)(C)N2CCC(C(C)(C)N3CC[C@H](O)C3)C2)C1. The van der Waals surface area contributed by atoms with Crippen LogP contribution in [0.3, 0.4) is 0 Å². The first-order valence-electron chi connectivity index (χ1n) is 10.2. The molecule has 0 spiro atoms. The van der Waals surface area contributed by atoms with Crippen LogP contribution in [0.5, 0.6) is 0 Å². The van der Waals surface area contributed by atoms with E-state index in [-0.39, 0.29) is 17.4 Å². The zero-order chi connectivity index (χ0) is 18.4. The minimum atomic E-state index is -0.191. The zero-order valence-corrected chi connectivity index (χ0v) is 17.2. The van der Waals surface area contributed by atoms with Crippen LogP contribution in [0, 0.1) is 5.92 Å². The maximum Gasteiger partial charge on any atom is 0.116 e. The third kappa shape index (κ3) is 4.06. The molecule has 146 valence electrons. The van der Waals surface area contributed by atoms with Crippen molar-refractivity contribution in [3.63, 3.8) is 0 Å². The van der Waals surface area contributed by atoms with Crippen LogP contribution in [0.15, 0.2) is 0 Å². The maximum absolute atomic E-state index is 9.90. The summed E-state index contributed by atoms with van der Waals surface area (Å²) >= 11 is 0. The standard InChI is InChI=1S/C20H39N3O2/c1-15(2)21-13-18(14-21)25-20(5,6)23-9-7-16(11-23)19(3,4)22-10-8-17(24)12-22/h15-18,24H,7-14H2,1-6H3/t16?,17-/m0/s1. The van der Waals surface area contributed by atoms with Crippen molar-refractivity contribution in [2.24, 2.45) is 5.92 Å². The van der Waals surface area contributed by atoms with Gasteiger partial charge in [0.05, 0.1) is 12.2 Å². The molecule has 2 atom stereocenters. The Morgan fingerprint density at radius 3 is 2.12 bits per heavy atom. The minimum Gasteiger partial charge on any atom is -0.392 e. The lowest BCUT2D eigenvalue weighted by Gasteiger charge is -2.47. The summed E-state index contributed by atoms with van der Waals surface area (Å²) in [7, 11) is 0. The van der Waals surface area contributed by atoms with Gasteiger partial charge < -0.3 is 9.84 Å². The van der Waals surface area contributed by atoms with Gasteiger partial charge in [0.15, 0.2) is 0 Å². The molecule has 5 nitrogen and oxygen atoms in total. The molecule has 3 heterocycles. The second kappa shape index (κ2) is 7.08. The first-order valence-corrected chi connectivity index (χ1v) is 10.2. The average molecular weight is 354 g/mol. The van der Waals surface area contributed by atoms with E-state index in [4.69, 9.17) is 4.74 Å². The second-order valence-corrected chi connectivity index (χ2v) is 9.71. The molecule has 0 saturated carbocycles. The molecule has 0 aromatic carbocycles. The second-order valence-electron chi connectivity index (χ2n) is 9.71. The molecule has 3 fully saturated rings. The Kier molecular flexibility index (Phi) is 5.54. The summed E-state index contributed by atoms with van der Waals surface area (Å²) < 4.78 is 6.47. The molecule has 0 aliphatic carbocycles. The van der Waals surface area contributed by atoms with E-state index in [0.717, 1.165) is 45.7 Å². The van der Waals surface area contributed by atoms with Crippen LogP contribution in [-0.4, -0.2) is 88.6 Å². The van der Waals surface area contributed by atoms with Gasteiger partial charge in [-0.1, -0.05) is 0 Å². The Balaban J connectivity index is 1.53. The Hall–Kier alpha value is -0.200. The van der Waals surface area contributed by atoms with Crippen molar-refractivity contribution in [1.29, 1.82) is 0 Å². The van der Waals surface area contributed by atoms with Crippen molar-refractivity contribution in [2.45, 2.75) is 83.9 Å². The van der Waals surface area contributed by atoms with Gasteiger partial charge in [-0.3, -0.25) is 14.7 Å². The smallest absolute Gasteiger partial charge is 0.116 e. The van der Waals surface area contributed by atoms with Crippen LogP contribution in [0.2, 0.25) is 0 Å². The summed E-state index contributed by atoms with van der Waals surface area (Å²) in [5.74, 6) is 0.634. The van der Waals surface area contributed by atoms with E-state index in [0.29, 0.717) is 18.1 Å². The van der Waals surface area contributed by atoms with Crippen LogP contribution in [0.4, 0.5) is 0 Å². The Bertz CT molecular complexity index is 460. The average Bonchev–Trinajstić information content (AvgIpc) is 3.11. The summed E-state index contributed by atoms with van der Waals surface area (Å²) in [5.41, 5.74) is -0.0453. The van der Waals surface area contributed by atoms with E-state index < -0.39 is 0 Å². The molecule has 0 aromatic rings. The highest BCUT2D eigenvalue weighted by Gasteiger charge is 2.45. The summed E-state index contributed by atoms with van der Waals surface area (Å²) in [6, 6.07) is 0.621. The highest BCUT2D eigenvalue weighted by atomic mass is 16.5. The lowest BCUT2D eigenvalue weighted by Crippen LogP contribution is -2.59. The largest absolute Gasteiger partial charge is 0.392 e. The molecule has 0 radical (unpaired) electrons. The number of aliphatic hydroxyl groups is 1. The fourth-order valence-electron chi connectivity index (χ4n) is 4.80. The fourth-order valence-corrected chi connectivity index (χ4v) is 4.80. The van der Waals surface area contributed by atoms with Crippen molar-refractivity contribution in [3.05, 3.63) is 0 Å². The molecule has 0 bridgehead atoms. The lowest BCUT2D eigenvalue weighted by atomic mass is 9.85. The van der Waals surface area contributed by atoms with Gasteiger partial charge in [0, 0.05) is 50.8 Å². The van der Waals surface area contributed by atoms with Crippen molar-refractivity contribution in [1.82, 2.24) is 14.7 Å². The topological polar surface area (TPSA) is 39.2 Å². The summed E-state index contributed by atoms with van der Waals surface area (Å²) in [4.78, 5) is 7.49. The molecule has 1 N–H and O–H groups in total. The number of aliphatic hydroxyl groups excluding tert-OH is 1. The third-order valence-electron chi connectivity index (χ3n) is 6.99. The Morgan fingerprint density at radius 1 is 0.920 bits per heavy atom. The van der Waals surface area contributed by atoms with Crippen LogP contribution in [0.25, 0.3) is 0 Å². The number of β-amino-alcohol motifs (C(OH)–C–C–N with tert-alkyl or cyclic N) is 1. The molecule has 5 heteroatoms. The first kappa shape index (κ1) is 19.6. The molecule has 0 aromatic heterocycles. The molecule has 3 saturated heterocycles. The van der Waals surface area contributed by atoms with E-state index in [9.17, 15) is 5.11 Å². The van der Waals surface area contributed by atoms with E-state index in [1.807, 2.05) is 0 Å². The van der Waals surface area contributed by atoms with Gasteiger partial charge >= 0.3 is 0 Å². The van der Waals surface area contributed by atoms with Gasteiger partial charge in [-0.25, -0.2) is 0 Å². The number of rotatable bonds is 6. The number of ether oxygens (including phenoxy) is 1. The molecular weight excluding hydrogens is 314 g/mol. The first-order chi connectivity index (χ1) is 11.6. The molecule has 25 heavy (non-hydrogen) atoms. The van der Waals surface area contributed by atoms with E-state index in [1.165, 1.54) is 6.42 Å². The Morgan fingerprint density at radius 2 is 1.56 bits per heavy atom. The predicted octanol–water partition coefficient (Wildman–Crippen LogP) is 2.00. The summed E-state index contributed by atoms with van der Waals surface area (Å²) in [6.45, 7) is 19.9. The predicted molar refractivity (Wildman–Crippen MR) is 102 cm³/mol. The summed E-state index contributed by atoms with van der Waals surface area (Å²) in [6.07, 6.45) is 2.37. The normalized spacial score (nSPS) is 31.2. The fraction of sp³-hybridized carbons (Fsp3) is 1.00. The van der Waals surface area contributed by atoms with Crippen molar-refractivity contribution < 1.29 is 9.84 Å². The third-order valence-corrected chi connectivity index (χ3v) is 6.99. The molecule has 0 amide bonds. The zero-order valence-electron chi connectivity index (χ0n) is 17.2. The van der Waals surface area contributed by atoms with Gasteiger partial charge in [0.25, 0.3) is 0 Å². The minimum absolute atomic E-state index is 0.140. The van der Waals surface area contributed by atoms with Crippen LogP contribution >= 0.6 is 0 Å². The molecule has 3 aliphatic heterocycles. The van der Waals surface area contributed by atoms with Gasteiger partial charge in [0.1, 0.15) is 5.72 Å². The van der Waals surface area contributed by atoms with E-state index in [2.05, 4.69) is 56.2 Å². The van der Waals surface area contributed by atoms with Crippen LogP contribution in [0.1, 0.15) is 54.4 Å². The van der Waals surface area contributed by atoms with Crippen molar-refractivity contribution in [2.75, 3.05) is 39.3 Å². The van der Waals surface area contributed by atoms with Crippen molar-refractivity contribution in [3.8, 4) is 0 Å².